The van der Waals surface area contributed by atoms with Crippen LogP contribution in [0, 0.1) is 6.92 Å². The summed E-state index contributed by atoms with van der Waals surface area (Å²) in [5.74, 6) is 0.619. The number of likely N-dealkylation sites (N-methyl/N-ethyl adjacent to an activating group) is 1. The standard InChI is InChI=1S/C21H22BrN3O3S/c1-15-3-9-18(10-4-15)29(26,27)20-21(25-13-11-24(2)12-14-25)28-19(23-20)16-5-7-17(22)8-6-16/h3-10H,11-14H2,1-2H3. The van der Waals surface area contributed by atoms with Gasteiger partial charge >= 0.3 is 0 Å². The summed E-state index contributed by atoms with van der Waals surface area (Å²) in [5, 5.41) is -0.0242. The lowest BCUT2D eigenvalue weighted by atomic mass is 10.2. The zero-order valence-electron chi connectivity index (χ0n) is 16.3. The smallest absolute Gasteiger partial charge is 0.236 e. The summed E-state index contributed by atoms with van der Waals surface area (Å²) in [6.45, 7) is 4.95. The van der Waals surface area contributed by atoms with Crippen molar-refractivity contribution < 1.29 is 12.8 Å². The minimum Gasteiger partial charge on any atom is -0.419 e. The molecule has 0 aliphatic carbocycles. The number of oxazole rings is 1. The molecule has 1 saturated heterocycles. The lowest BCUT2D eigenvalue weighted by Gasteiger charge is -2.32. The number of aromatic nitrogens is 1. The number of anilines is 1. The highest BCUT2D eigenvalue weighted by Crippen LogP contribution is 2.35. The molecule has 0 atom stereocenters. The molecule has 0 bridgehead atoms. The molecule has 8 heteroatoms. The molecule has 152 valence electrons. The van der Waals surface area contributed by atoms with Crippen molar-refractivity contribution >= 4 is 31.7 Å². The summed E-state index contributed by atoms with van der Waals surface area (Å²) in [4.78, 5) is 8.84. The molecule has 29 heavy (non-hydrogen) atoms. The van der Waals surface area contributed by atoms with E-state index in [0.717, 1.165) is 28.7 Å². The van der Waals surface area contributed by atoms with Crippen LogP contribution in [0.4, 0.5) is 5.88 Å². The topological polar surface area (TPSA) is 66.7 Å². The highest BCUT2D eigenvalue weighted by atomic mass is 79.9. The van der Waals surface area contributed by atoms with Crippen LogP contribution in [0.15, 0.2) is 67.3 Å². The summed E-state index contributed by atoms with van der Waals surface area (Å²) >= 11 is 3.41. The van der Waals surface area contributed by atoms with Crippen LogP contribution in [0.1, 0.15) is 5.56 Å². The van der Waals surface area contributed by atoms with E-state index in [2.05, 4.69) is 32.9 Å². The van der Waals surface area contributed by atoms with E-state index < -0.39 is 9.84 Å². The Bertz CT molecular complexity index is 1100. The van der Waals surface area contributed by atoms with Crippen LogP contribution in [-0.4, -0.2) is 51.5 Å². The molecule has 1 aliphatic heterocycles. The molecule has 1 aliphatic rings. The zero-order chi connectivity index (χ0) is 20.6. The molecule has 0 radical (unpaired) electrons. The van der Waals surface area contributed by atoms with Crippen molar-refractivity contribution in [1.82, 2.24) is 9.88 Å². The van der Waals surface area contributed by atoms with Crippen molar-refractivity contribution in [3.63, 3.8) is 0 Å². The summed E-state index contributed by atoms with van der Waals surface area (Å²) in [7, 11) is -1.76. The van der Waals surface area contributed by atoms with Crippen LogP contribution in [-0.2, 0) is 9.84 Å². The highest BCUT2D eigenvalue weighted by molar-refractivity contribution is 9.10. The number of halogens is 1. The Kier molecular flexibility index (Phi) is 5.50. The third-order valence-electron chi connectivity index (χ3n) is 5.05. The molecule has 2 heterocycles. The van der Waals surface area contributed by atoms with Crippen molar-refractivity contribution in [2.75, 3.05) is 38.1 Å². The molecule has 2 aromatic carbocycles. The summed E-state index contributed by atoms with van der Waals surface area (Å²) < 4.78 is 33.8. The minimum absolute atomic E-state index is 0.0242. The SMILES string of the molecule is Cc1ccc(S(=O)(=O)c2nc(-c3ccc(Br)cc3)oc2N2CCN(C)CC2)cc1. The zero-order valence-corrected chi connectivity index (χ0v) is 18.7. The average Bonchev–Trinajstić information content (AvgIpc) is 3.16. The largest absolute Gasteiger partial charge is 0.419 e. The van der Waals surface area contributed by atoms with Crippen LogP contribution < -0.4 is 4.90 Å². The van der Waals surface area contributed by atoms with Gasteiger partial charge in [-0.2, -0.15) is 4.98 Å². The van der Waals surface area contributed by atoms with Crippen molar-refractivity contribution in [3.05, 3.63) is 58.6 Å². The molecule has 0 unspecified atom stereocenters. The van der Waals surface area contributed by atoms with E-state index in [1.807, 2.05) is 36.1 Å². The summed E-state index contributed by atoms with van der Waals surface area (Å²) in [6.07, 6.45) is 0. The predicted molar refractivity (Wildman–Crippen MR) is 116 cm³/mol. The number of benzene rings is 2. The van der Waals surface area contributed by atoms with Gasteiger partial charge in [0.25, 0.3) is 0 Å². The molecule has 0 N–H and O–H groups in total. The van der Waals surface area contributed by atoms with Gasteiger partial charge < -0.3 is 14.2 Å². The maximum Gasteiger partial charge on any atom is 0.236 e. The van der Waals surface area contributed by atoms with Gasteiger partial charge in [0.05, 0.1) is 4.90 Å². The maximum atomic E-state index is 13.4. The second-order valence-corrected chi connectivity index (χ2v) is 10.0. The van der Waals surface area contributed by atoms with Gasteiger partial charge in [0, 0.05) is 36.2 Å². The first-order valence-corrected chi connectivity index (χ1v) is 11.6. The van der Waals surface area contributed by atoms with Crippen molar-refractivity contribution in [2.24, 2.45) is 0 Å². The molecule has 0 amide bonds. The van der Waals surface area contributed by atoms with Crippen molar-refractivity contribution in [2.45, 2.75) is 16.8 Å². The molecule has 1 fully saturated rings. The number of hydrogen-bond acceptors (Lipinski definition) is 6. The number of piperazine rings is 1. The van der Waals surface area contributed by atoms with Gasteiger partial charge in [0.15, 0.2) is 0 Å². The van der Waals surface area contributed by atoms with E-state index in [4.69, 9.17) is 4.42 Å². The second kappa shape index (κ2) is 7.93. The molecule has 0 saturated carbocycles. The lowest BCUT2D eigenvalue weighted by molar-refractivity contribution is 0.305. The van der Waals surface area contributed by atoms with Gasteiger partial charge in [-0.3, -0.25) is 0 Å². The van der Waals surface area contributed by atoms with E-state index in [9.17, 15) is 8.42 Å². The third-order valence-corrected chi connectivity index (χ3v) is 7.24. The van der Waals surface area contributed by atoms with Gasteiger partial charge in [-0.15, -0.1) is 0 Å². The Balaban J connectivity index is 1.82. The normalized spacial score (nSPS) is 15.6. The molecule has 4 rings (SSSR count). The van der Waals surface area contributed by atoms with Crippen LogP contribution in [0.5, 0.6) is 0 Å². The monoisotopic (exact) mass is 475 g/mol. The number of hydrogen-bond donors (Lipinski definition) is 0. The van der Waals surface area contributed by atoms with Crippen molar-refractivity contribution in [1.29, 1.82) is 0 Å². The Morgan fingerprint density at radius 3 is 2.21 bits per heavy atom. The van der Waals surface area contributed by atoms with E-state index >= 15 is 0 Å². The highest BCUT2D eigenvalue weighted by Gasteiger charge is 2.32. The number of aryl methyl sites for hydroxylation is 1. The van der Waals surface area contributed by atoms with E-state index in [0.29, 0.717) is 24.9 Å². The average molecular weight is 476 g/mol. The molecular formula is C21H22BrN3O3S. The summed E-state index contributed by atoms with van der Waals surface area (Å²) in [6, 6.07) is 14.3. The Labute approximate surface area is 179 Å². The van der Waals surface area contributed by atoms with Gasteiger partial charge in [-0.05, 0) is 50.4 Å². The van der Waals surface area contributed by atoms with E-state index in [1.54, 1.807) is 24.3 Å². The van der Waals surface area contributed by atoms with E-state index in [-0.39, 0.29) is 9.92 Å². The predicted octanol–water partition coefficient (Wildman–Crippen LogP) is 4.00. The molecule has 6 nitrogen and oxygen atoms in total. The molecular weight excluding hydrogens is 454 g/mol. The van der Waals surface area contributed by atoms with Crippen LogP contribution in [0.3, 0.4) is 0 Å². The Hall–Kier alpha value is -2.16. The quantitative estimate of drug-likeness (QED) is 0.567. The first-order valence-electron chi connectivity index (χ1n) is 9.36. The molecule has 1 aromatic heterocycles. The number of sulfone groups is 1. The molecule has 3 aromatic rings. The van der Waals surface area contributed by atoms with Crippen molar-refractivity contribution in [3.8, 4) is 11.5 Å². The first kappa shape index (κ1) is 20.1. The fourth-order valence-electron chi connectivity index (χ4n) is 3.23. The van der Waals surface area contributed by atoms with Gasteiger partial charge in [-0.25, -0.2) is 8.42 Å². The molecule has 0 spiro atoms. The summed E-state index contributed by atoms with van der Waals surface area (Å²) in [5.41, 5.74) is 1.73. The minimum atomic E-state index is -3.81. The maximum absolute atomic E-state index is 13.4. The van der Waals surface area contributed by atoms with Gasteiger partial charge in [-0.1, -0.05) is 33.6 Å². The first-order chi connectivity index (χ1) is 13.8. The number of nitrogens with zero attached hydrogens (tertiary/aromatic N) is 3. The third kappa shape index (κ3) is 4.10. The van der Waals surface area contributed by atoms with E-state index in [1.165, 1.54) is 0 Å². The van der Waals surface area contributed by atoms with Gasteiger partial charge in [0.2, 0.25) is 26.6 Å². The Morgan fingerprint density at radius 2 is 1.59 bits per heavy atom. The fraction of sp³-hybridized carbons (Fsp3) is 0.286. The second-order valence-electron chi connectivity index (χ2n) is 7.24. The number of rotatable bonds is 4. The van der Waals surface area contributed by atoms with Crippen LogP contribution in [0.2, 0.25) is 0 Å². The van der Waals surface area contributed by atoms with Crippen LogP contribution >= 0.6 is 15.9 Å². The fourth-order valence-corrected chi connectivity index (χ4v) is 4.81. The van der Waals surface area contributed by atoms with Gasteiger partial charge in [0.1, 0.15) is 0 Å². The van der Waals surface area contributed by atoms with Crippen LogP contribution in [0.25, 0.3) is 11.5 Å². The lowest BCUT2D eigenvalue weighted by Crippen LogP contribution is -2.44. The Morgan fingerprint density at radius 1 is 0.966 bits per heavy atom.